The SMILES string of the molecule is COc1c(-c2cccc(-[n+]3nc(-c4ccccc4)nn3-c3ccccc3)c2OC)cccc1-[n+]1nc(-c2ccccc2)nn1-c1ccccc1. The van der Waals surface area contributed by atoms with Crippen molar-refractivity contribution >= 4 is 0 Å². The Morgan fingerprint density at radius 3 is 1.14 bits per heavy atom. The highest BCUT2D eigenvalue weighted by molar-refractivity contribution is 5.80. The third-order valence-electron chi connectivity index (χ3n) is 8.27. The largest absolute Gasteiger partial charge is 0.492 e. The van der Waals surface area contributed by atoms with Crippen LogP contribution in [0.3, 0.4) is 0 Å². The van der Waals surface area contributed by atoms with Crippen LogP contribution in [-0.2, 0) is 0 Å². The summed E-state index contributed by atoms with van der Waals surface area (Å²) in [6.07, 6.45) is 0. The Morgan fingerprint density at radius 2 is 0.780 bits per heavy atom. The van der Waals surface area contributed by atoms with Crippen molar-refractivity contribution in [1.29, 1.82) is 0 Å². The molecule has 0 aliphatic heterocycles. The molecule has 0 amide bonds. The Labute approximate surface area is 288 Å². The first-order valence-corrected chi connectivity index (χ1v) is 16.1. The van der Waals surface area contributed by atoms with E-state index >= 15 is 0 Å². The Morgan fingerprint density at radius 1 is 0.420 bits per heavy atom. The summed E-state index contributed by atoms with van der Waals surface area (Å²) in [6.45, 7) is 0. The monoisotopic (exact) mass is 656 g/mol. The van der Waals surface area contributed by atoms with Crippen LogP contribution < -0.4 is 19.1 Å². The minimum atomic E-state index is 0.576. The number of aromatic nitrogens is 8. The zero-order chi connectivity index (χ0) is 33.9. The molecule has 0 fully saturated rings. The van der Waals surface area contributed by atoms with Crippen molar-refractivity contribution in [2.75, 3.05) is 14.2 Å². The van der Waals surface area contributed by atoms with E-state index in [2.05, 4.69) is 0 Å². The number of tetrazole rings is 2. The quantitative estimate of drug-likeness (QED) is 0.167. The summed E-state index contributed by atoms with van der Waals surface area (Å²) in [4.78, 5) is 7.09. The summed E-state index contributed by atoms with van der Waals surface area (Å²) in [5.74, 6) is 2.34. The van der Waals surface area contributed by atoms with Gasteiger partial charge < -0.3 is 9.47 Å². The molecule has 0 bridgehead atoms. The lowest BCUT2D eigenvalue weighted by Gasteiger charge is -2.15. The van der Waals surface area contributed by atoms with Crippen molar-refractivity contribution in [2.45, 2.75) is 0 Å². The van der Waals surface area contributed by atoms with Crippen LogP contribution >= 0.6 is 0 Å². The average Bonchev–Trinajstić information content (AvgIpc) is 3.85. The summed E-state index contributed by atoms with van der Waals surface area (Å²) in [6, 6.07) is 51.6. The number of rotatable bonds is 9. The van der Waals surface area contributed by atoms with Crippen LogP contribution in [0.2, 0.25) is 0 Å². The number of ether oxygens (including phenoxy) is 2. The maximum absolute atomic E-state index is 6.19. The van der Waals surface area contributed by atoms with Gasteiger partial charge in [0.15, 0.2) is 11.5 Å². The molecule has 0 aliphatic rings. The molecule has 0 aliphatic carbocycles. The Bertz CT molecular complexity index is 2220. The second-order valence-corrected chi connectivity index (χ2v) is 11.3. The Balaban J connectivity index is 1.31. The first-order valence-electron chi connectivity index (χ1n) is 16.1. The molecule has 0 atom stereocenters. The molecule has 0 saturated carbocycles. The number of hydrogen-bond acceptors (Lipinski definition) is 6. The van der Waals surface area contributed by atoms with Crippen LogP contribution in [-0.4, -0.2) is 44.2 Å². The lowest BCUT2D eigenvalue weighted by Crippen LogP contribution is -2.43. The van der Waals surface area contributed by atoms with Gasteiger partial charge in [0, 0.05) is 20.7 Å². The summed E-state index contributed by atoms with van der Waals surface area (Å²) in [5.41, 5.74) is 6.49. The molecule has 0 radical (unpaired) electrons. The summed E-state index contributed by atoms with van der Waals surface area (Å²) >= 11 is 0. The molecule has 0 unspecified atom stereocenters. The fraction of sp³-hybridized carbons (Fsp3) is 0.0500. The fourth-order valence-electron chi connectivity index (χ4n) is 5.96. The third kappa shape index (κ3) is 5.54. The Kier molecular flexibility index (Phi) is 8.08. The highest BCUT2D eigenvalue weighted by Crippen LogP contribution is 2.40. The van der Waals surface area contributed by atoms with Crippen molar-refractivity contribution in [3.63, 3.8) is 0 Å². The lowest BCUT2D eigenvalue weighted by molar-refractivity contribution is -0.735. The van der Waals surface area contributed by atoms with E-state index in [1.807, 2.05) is 158 Å². The van der Waals surface area contributed by atoms with Gasteiger partial charge in [-0.2, -0.15) is 0 Å². The van der Waals surface area contributed by atoms with E-state index in [-0.39, 0.29) is 0 Å². The van der Waals surface area contributed by atoms with E-state index in [4.69, 9.17) is 29.9 Å². The molecule has 10 nitrogen and oxygen atoms in total. The molecule has 242 valence electrons. The number of methoxy groups -OCH3 is 2. The van der Waals surface area contributed by atoms with Gasteiger partial charge in [0.1, 0.15) is 11.4 Å². The maximum atomic E-state index is 6.19. The zero-order valence-corrected chi connectivity index (χ0v) is 27.4. The zero-order valence-electron chi connectivity index (χ0n) is 27.4. The van der Waals surface area contributed by atoms with Crippen LogP contribution in [0.25, 0.3) is 56.7 Å². The summed E-state index contributed by atoms with van der Waals surface area (Å²) in [7, 11) is 3.32. The van der Waals surface area contributed by atoms with Crippen LogP contribution in [0, 0.1) is 0 Å². The van der Waals surface area contributed by atoms with E-state index in [9.17, 15) is 0 Å². The van der Waals surface area contributed by atoms with Gasteiger partial charge in [-0.25, -0.2) is 0 Å². The molecule has 6 aromatic carbocycles. The normalized spacial score (nSPS) is 11.0. The van der Waals surface area contributed by atoms with Crippen LogP contribution in [0.1, 0.15) is 0 Å². The van der Waals surface area contributed by atoms with Gasteiger partial charge in [-0.15, -0.1) is 0 Å². The molecular formula is C40H32N8O2+2. The van der Waals surface area contributed by atoms with Gasteiger partial charge in [-0.1, -0.05) is 97.1 Å². The molecule has 2 aromatic heterocycles. The highest BCUT2D eigenvalue weighted by Gasteiger charge is 2.31. The van der Waals surface area contributed by atoms with E-state index in [0.29, 0.717) is 34.5 Å². The summed E-state index contributed by atoms with van der Waals surface area (Å²) in [5, 5.41) is 19.8. The topological polar surface area (TPSA) is 87.6 Å². The van der Waals surface area contributed by atoms with Crippen molar-refractivity contribution in [1.82, 2.24) is 30.0 Å². The second-order valence-electron chi connectivity index (χ2n) is 11.3. The lowest BCUT2D eigenvalue weighted by atomic mass is 10.0. The van der Waals surface area contributed by atoms with Crippen molar-refractivity contribution < 1.29 is 19.1 Å². The van der Waals surface area contributed by atoms with Crippen LogP contribution in [0.15, 0.2) is 158 Å². The van der Waals surface area contributed by atoms with Gasteiger partial charge in [0.25, 0.3) is 0 Å². The van der Waals surface area contributed by atoms with Gasteiger partial charge in [0.05, 0.1) is 35.5 Å². The molecule has 8 aromatic rings. The molecule has 0 spiro atoms. The minimum absolute atomic E-state index is 0.576. The predicted octanol–water partition coefficient (Wildman–Crippen LogP) is 6.42. The van der Waals surface area contributed by atoms with Gasteiger partial charge in [-0.05, 0) is 80.5 Å². The van der Waals surface area contributed by atoms with Crippen LogP contribution in [0.4, 0.5) is 0 Å². The number of benzene rings is 6. The maximum Gasteiger partial charge on any atom is 0.340 e. The van der Waals surface area contributed by atoms with Gasteiger partial charge in [0.2, 0.25) is 11.4 Å². The number of para-hydroxylation sites is 4. The van der Waals surface area contributed by atoms with Crippen molar-refractivity contribution in [3.8, 4) is 68.2 Å². The van der Waals surface area contributed by atoms with Gasteiger partial charge in [-0.3, -0.25) is 0 Å². The van der Waals surface area contributed by atoms with E-state index in [0.717, 1.165) is 33.6 Å². The first-order chi connectivity index (χ1) is 24.7. The van der Waals surface area contributed by atoms with E-state index in [1.54, 1.807) is 33.4 Å². The molecule has 50 heavy (non-hydrogen) atoms. The highest BCUT2D eigenvalue weighted by atomic mass is 16.5. The van der Waals surface area contributed by atoms with E-state index < -0.39 is 0 Å². The summed E-state index contributed by atoms with van der Waals surface area (Å²) < 4.78 is 12.4. The average molecular weight is 657 g/mol. The van der Waals surface area contributed by atoms with Crippen LogP contribution in [0.5, 0.6) is 11.5 Å². The number of hydrogen-bond donors (Lipinski definition) is 0. The minimum Gasteiger partial charge on any atom is -0.492 e. The molecular weight excluding hydrogens is 624 g/mol. The van der Waals surface area contributed by atoms with Crippen molar-refractivity contribution in [3.05, 3.63) is 158 Å². The standard InChI is InChI=1S/C40H32N8O2/c1-49-37-33(25-15-27-35(37)47-43-39(29-17-7-3-8-18-29)41-45(47)31-21-11-5-12-22-31)34-26-16-28-36(38(34)50-2)48-44-40(30-19-9-4-10-20-30)42-46(48)32-23-13-6-14-24-32/h3-28H,1-2H3/q+2. The molecule has 0 saturated heterocycles. The predicted molar refractivity (Wildman–Crippen MR) is 189 cm³/mol. The van der Waals surface area contributed by atoms with Gasteiger partial charge >= 0.3 is 11.6 Å². The molecule has 0 N–H and O–H groups in total. The van der Waals surface area contributed by atoms with E-state index in [1.165, 1.54) is 0 Å². The molecule has 2 heterocycles. The first kappa shape index (κ1) is 30.4. The molecule has 8 rings (SSSR count). The second kappa shape index (κ2) is 13.3. The third-order valence-corrected chi connectivity index (χ3v) is 8.27. The number of nitrogens with zero attached hydrogens (tertiary/aromatic N) is 8. The van der Waals surface area contributed by atoms with Crippen molar-refractivity contribution in [2.24, 2.45) is 0 Å². The smallest absolute Gasteiger partial charge is 0.340 e. The Hall–Kier alpha value is -6.94. The fourth-order valence-corrected chi connectivity index (χ4v) is 5.96. The molecule has 10 heteroatoms.